The van der Waals surface area contributed by atoms with Gasteiger partial charge in [0.1, 0.15) is 28.7 Å². The van der Waals surface area contributed by atoms with Crippen LogP contribution in [-0.2, 0) is 0 Å². The third kappa shape index (κ3) is 2.82. The van der Waals surface area contributed by atoms with Gasteiger partial charge in [0.15, 0.2) is 0 Å². The number of H-pyrrole nitrogens is 1. The predicted molar refractivity (Wildman–Crippen MR) is 84.9 cm³/mol. The lowest BCUT2D eigenvalue weighted by molar-refractivity contribution is 0.102. The minimum Gasteiger partial charge on any atom is -0.318 e. The lowest BCUT2D eigenvalue weighted by atomic mass is 10.2. The van der Waals surface area contributed by atoms with Crippen molar-refractivity contribution in [2.24, 2.45) is 0 Å². The normalized spacial score (nSPS) is 11.0. The highest BCUT2D eigenvalue weighted by atomic mass is 19.1. The van der Waals surface area contributed by atoms with Crippen LogP contribution in [0.2, 0.25) is 0 Å². The molecule has 25 heavy (non-hydrogen) atoms. The molecule has 3 heterocycles. The van der Waals surface area contributed by atoms with E-state index in [4.69, 9.17) is 0 Å². The molecule has 4 aromatic rings. The quantitative estimate of drug-likeness (QED) is 0.600. The fraction of sp³-hybridized carbons (Fsp3) is 0. The number of rotatable bonds is 3. The standard InChI is InChI=1S/C16H10F2N6O/c17-10-2-3-11(18)12(5-10)21-16(25)14-8-24-7-9(1-4-15(24)20-14)13-6-19-23-22-13/h1-8H,(H,21,25)(H,19,22,23). The van der Waals surface area contributed by atoms with Gasteiger partial charge in [0.05, 0.1) is 11.9 Å². The summed E-state index contributed by atoms with van der Waals surface area (Å²) in [6.45, 7) is 0. The van der Waals surface area contributed by atoms with Crippen molar-refractivity contribution in [3.8, 4) is 11.3 Å². The van der Waals surface area contributed by atoms with Gasteiger partial charge in [-0.1, -0.05) is 5.21 Å². The van der Waals surface area contributed by atoms with Gasteiger partial charge in [-0.25, -0.2) is 13.8 Å². The number of aromatic amines is 1. The molecule has 0 saturated carbocycles. The first-order chi connectivity index (χ1) is 12.1. The zero-order valence-corrected chi connectivity index (χ0v) is 12.6. The first-order valence-corrected chi connectivity index (χ1v) is 7.22. The number of pyridine rings is 1. The molecular formula is C16H10F2N6O. The molecule has 0 aliphatic carbocycles. The number of benzene rings is 1. The number of amides is 1. The van der Waals surface area contributed by atoms with E-state index in [-0.39, 0.29) is 11.4 Å². The van der Waals surface area contributed by atoms with Crippen LogP contribution in [0, 0.1) is 11.6 Å². The average Bonchev–Trinajstić information content (AvgIpc) is 3.26. The Balaban J connectivity index is 1.65. The third-order valence-corrected chi connectivity index (χ3v) is 3.57. The van der Waals surface area contributed by atoms with Gasteiger partial charge in [-0.15, -0.1) is 5.10 Å². The number of fused-ring (bicyclic) bond motifs is 1. The molecule has 0 spiro atoms. The maximum absolute atomic E-state index is 13.6. The van der Waals surface area contributed by atoms with Crippen LogP contribution in [0.5, 0.6) is 0 Å². The van der Waals surface area contributed by atoms with Crippen molar-refractivity contribution in [2.75, 3.05) is 5.32 Å². The number of nitrogens with zero attached hydrogens (tertiary/aromatic N) is 4. The van der Waals surface area contributed by atoms with E-state index in [1.807, 2.05) is 0 Å². The fourth-order valence-corrected chi connectivity index (χ4v) is 2.38. The van der Waals surface area contributed by atoms with Crippen LogP contribution in [0.4, 0.5) is 14.5 Å². The lowest BCUT2D eigenvalue weighted by Gasteiger charge is -2.04. The largest absolute Gasteiger partial charge is 0.318 e. The van der Waals surface area contributed by atoms with Gasteiger partial charge < -0.3 is 9.72 Å². The molecule has 0 fully saturated rings. The molecule has 7 nitrogen and oxygen atoms in total. The van der Waals surface area contributed by atoms with Crippen molar-refractivity contribution < 1.29 is 13.6 Å². The van der Waals surface area contributed by atoms with Crippen molar-refractivity contribution in [1.29, 1.82) is 0 Å². The fourth-order valence-electron chi connectivity index (χ4n) is 2.38. The van der Waals surface area contributed by atoms with Gasteiger partial charge >= 0.3 is 0 Å². The third-order valence-electron chi connectivity index (χ3n) is 3.57. The van der Waals surface area contributed by atoms with Crippen LogP contribution in [-0.4, -0.2) is 30.7 Å². The van der Waals surface area contributed by atoms with Gasteiger partial charge in [0.2, 0.25) is 0 Å². The smallest absolute Gasteiger partial charge is 0.275 e. The number of carbonyl (C=O) groups is 1. The number of halogens is 2. The zero-order chi connectivity index (χ0) is 17.4. The van der Waals surface area contributed by atoms with Crippen LogP contribution in [0.1, 0.15) is 10.5 Å². The van der Waals surface area contributed by atoms with Crippen LogP contribution >= 0.6 is 0 Å². The highest BCUT2D eigenvalue weighted by Crippen LogP contribution is 2.19. The minimum atomic E-state index is -0.730. The van der Waals surface area contributed by atoms with Crippen LogP contribution < -0.4 is 5.32 Å². The molecular weight excluding hydrogens is 330 g/mol. The van der Waals surface area contributed by atoms with Gasteiger partial charge in [-0.05, 0) is 24.3 Å². The molecule has 0 radical (unpaired) electrons. The summed E-state index contributed by atoms with van der Waals surface area (Å²) in [5.74, 6) is -2.02. The van der Waals surface area contributed by atoms with E-state index in [2.05, 4.69) is 25.7 Å². The van der Waals surface area contributed by atoms with Crippen LogP contribution in [0.3, 0.4) is 0 Å². The summed E-state index contributed by atoms with van der Waals surface area (Å²) in [5, 5.41) is 12.5. The van der Waals surface area contributed by atoms with Crippen molar-refractivity contribution in [3.05, 3.63) is 66.3 Å². The van der Waals surface area contributed by atoms with E-state index in [0.29, 0.717) is 11.3 Å². The van der Waals surface area contributed by atoms with E-state index in [1.165, 1.54) is 6.20 Å². The molecule has 9 heteroatoms. The first-order valence-electron chi connectivity index (χ1n) is 7.22. The minimum absolute atomic E-state index is 0.0703. The first kappa shape index (κ1) is 14.9. The molecule has 124 valence electrons. The summed E-state index contributed by atoms with van der Waals surface area (Å²) in [4.78, 5) is 16.4. The Morgan fingerprint density at radius 1 is 1.16 bits per heavy atom. The summed E-state index contributed by atoms with van der Waals surface area (Å²) in [6.07, 6.45) is 4.86. The van der Waals surface area contributed by atoms with Gasteiger partial charge in [0.25, 0.3) is 5.91 Å². The Morgan fingerprint density at radius 3 is 2.84 bits per heavy atom. The second kappa shape index (κ2) is 5.78. The molecule has 0 saturated heterocycles. The second-order valence-corrected chi connectivity index (χ2v) is 5.25. The molecule has 0 aliphatic heterocycles. The molecule has 0 atom stereocenters. The van der Waals surface area contributed by atoms with E-state index < -0.39 is 17.5 Å². The SMILES string of the molecule is O=C(Nc1cc(F)ccc1F)c1cn2cc(-c3c[nH]nn3)ccc2n1. The van der Waals surface area contributed by atoms with Gasteiger partial charge in [-0.3, -0.25) is 9.89 Å². The molecule has 3 aromatic heterocycles. The van der Waals surface area contributed by atoms with Crippen LogP contribution in [0.15, 0.2) is 48.9 Å². The Labute approximate surface area is 139 Å². The van der Waals surface area contributed by atoms with Gasteiger partial charge in [-0.2, -0.15) is 0 Å². The van der Waals surface area contributed by atoms with Crippen molar-refractivity contribution in [3.63, 3.8) is 0 Å². The molecule has 0 aliphatic rings. The Kier molecular flexibility index (Phi) is 3.46. The summed E-state index contributed by atoms with van der Waals surface area (Å²) in [7, 11) is 0. The number of hydrogen-bond donors (Lipinski definition) is 2. The van der Waals surface area contributed by atoms with E-state index >= 15 is 0 Å². The highest BCUT2D eigenvalue weighted by molar-refractivity contribution is 6.03. The second-order valence-electron chi connectivity index (χ2n) is 5.25. The number of aromatic nitrogens is 5. The molecule has 4 rings (SSSR count). The summed E-state index contributed by atoms with van der Waals surface area (Å²) >= 11 is 0. The maximum atomic E-state index is 13.6. The average molecular weight is 340 g/mol. The number of nitrogens with one attached hydrogen (secondary N) is 2. The summed E-state index contributed by atoms with van der Waals surface area (Å²) in [5.41, 5.74) is 1.77. The zero-order valence-electron chi connectivity index (χ0n) is 12.6. The number of carbonyl (C=O) groups excluding carboxylic acids is 1. The Hall–Kier alpha value is -3.62. The van der Waals surface area contributed by atoms with Crippen LogP contribution in [0.25, 0.3) is 16.9 Å². The molecule has 0 bridgehead atoms. The van der Waals surface area contributed by atoms with Crippen molar-refractivity contribution >= 4 is 17.2 Å². The number of imidazole rings is 1. The lowest BCUT2D eigenvalue weighted by Crippen LogP contribution is -2.13. The highest BCUT2D eigenvalue weighted by Gasteiger charge is 2.14. The Morgan fingerprint density at radius 2 is 2.04 bits per heavy atom. The summed E-state index contributed by atoms with van der Waals surface area (Å²) in [6, 6.07) is 6.32. The van der Waals surface area contributed by atoms with Crippen molar-refractivity contribution in [1.82, 2.24) is 24.8 Å². The predicted octanol–water partition coefficient (Wildman–Crippen LogP) is 2.65. The van der Waals surface area contributed by atoms with E-state index in [0.717, 1.165) is 23.8 Å². The van der Waals surface area contributed by atoms with E-state index in [1.54, 1.807) is 28.9 Å². The van der Waals surface area contributed by atoms with Crippen molar-refractivity contribution in [2.45, 2.75) is 0 Å². The molecule has 1 aromatic carbocycles. The molecule has 0 unspecified atom stereocenters. The number of anilines is 1. The molecule has 1 amide bonds. The topological polar surface area (TPSA) is 88.0 Å². The van der Waals surface area contributed by atoms with Gasteiger partial charge in [0, 0.05) is 24.0 Å². The maximum Gasteiger partial charge on any atom is 0.275 e. The molecule has 2 N–H and O–H groups in total. The number of hydrogen-bond acceptors (Lipinski definition) is 4. The Bertz CT molecular complexity index is 1070. The van der Waals surface area contributed by atoms with E-state index in [9.17, 15) is 13.6 Å². The summed E-state index contributed by atoms with van der Waals surface area (Å²) < 4.78 is 28.5. The monoisotopic (exact) mass is 340 g/mol.